The predicted octanol–water partition coefficient (Wildman–Crippen LogP) is 2.79. The highest BCUT2D eigenvalue weighted by Gasteiger charge is 2.21. The number of carbonyl (C=O) groups is 1. The largest absolute Gasteiger partial charge is 0.497 e. The van der Waals surface area contributed by atoms with E-state index in [1.165, 1.54) is 11.3 Å². The fourth-order valence-electron chi connectivity index (χ4n) is 3.53. The van der Waals surface area contributed by atoms with Crippen LogP contribution in [-0.4, -0.2) is 27.6 Å². The highest BCUT2D eigenvalue weighted by atomic mass is 16.5. The SMILES string of the molecule is COc1cccc(CNC(=O)c2cnn3c4c(cnc23)C[C@@H](C)CC4)c1. The first-order chi connectivity index (χ1) is 12.7. The van der Waals surface area contributed by atoms with Crippen molar-refractivity contribution in [2.24, 2.45) is 5.92 Å². The fourth-order valence-corrected chi connectivity index (χ4v) is 3.53. The Morgan fingerprint density at radius 2 is 2.27 bits per heavy atom. The number of benzene rings is 1. The average molecular weight is 350 g/mol. The molecule has 2 aromatic heterocycles. The summed E-state index contributed by atoms with van der Waals surface area (Å²) in [5.41, 5.74) is 4.53. The molecule has 3 aromatic rings. The van der Waals surface area contributed by atoms with E-state index in [0.717, 1.165) is 30.6 Å². The van der Waals surface area contributed by atoms with Gasteiger partial charge in [-0.05, 0) is 48.4 Å². The zero-order valence-electron chi connectivity index (χ0n) is 15.0. The van der Waals surface area contributed by atoms with Gasteiger partial charge in [-0.3, -0.25) is 4.79 Å². The smallest absolute Gasteiger partial charge is 0.257 e. The number of nitrogens with one attached hydrogen (secondary N) is 1. The van der Waals surface area contributed by atoms with Gasteiger partial charge in [0.15, 0.2) is 5.65 Å². The number of ether oxygens (including phenoxy) is 1. The Bertz CT molecular complexity index is 964. The average Bonchev–Trinajstić information content (AvgIpc) is 3.10. The van der Waals surface area contributed by atoms with Gasteiger partial charge in [0.25, 0.3) is 5.91 Å². The second-order valence-electron chi connectivity index (χ2n) is 6.91. The summed E-state index contributed by atoms with van der Waals surface area (Å²) in [7, 11) is 1.63. The van der Waals surface area contributed by atoms with Crippen LogP contribution in [0, 0.1) is 5.92 Å². The van der Waals surface area contributed by atoms with E-state index >= 15 is 0 Å². The standard InChI is InChI=1S/C20H22N4O2/c1-13-6-7-18-15(8-13)11-21-19-17(12-23-24(18)19)20(25)22-10-14-4-3-5-16(9-14)26-2/h3-5,9,11-13H,6-8,10H2,1-2H3,(H,22,25)/t13-/m0/s1. The van der Waals surface area contributed by atoms with E-state index in [2.05, 4.69) is 22.3 Å². The van der Waals surface area contributed by atoms with Crippen LogP contribution in [0.25, 0.3) is 5.65 Å². The van der Waals surface area contributed by atoms with Crippen LogP contribution in [0.4, 0.5) is 0 Å². The minimum Gasteiger partial charge on any atom is -0.497 e. The Balaban J connectivity index is 1.55. The molecule has 0 aliphatic heterocycles. The van der Waals surface area contributed by atoms with Crippen LogP contribution < -0.4 is 10.1 Å². The number of nitrogens with zero attached hydrogens (tertiary/aromatic N) is 3. The quantitative estimate of drug-likeness (QED) is 0.786. The lowest BCUT2D eigenvalue weighted by Gasteiger charge is -2.21. The molecule has 1 N–H and O–H groups in total. The van der Waals surface area contributed by atoms with Gasteiger partial charge in [-0.1, -0.05) is 19.1 Å². The lowest BCUT2D eigenvalue weighted by atomic mass is 9.89. The number of rotatable bonds is 4. The van der Waals surface area contributed by atoms with Crippen molar-refractivity contribution in [3.05, 3.63) is 59.0 Å². The van der Waals surface area contributed by atoms with Crippen molar-refractivity contribution >= 4 is 11.6 Å². The summed E-state index contributed by atoms with van der Waals surface area (Å²) in [6, 6.07) is 7.65. The van der Waals surface area contributed by atoms with Crippen LogP contribution in [0.5, 0.6) is 5.75 Å². The molecule has 0 radical (unpaired) electrons. The van der Waals surface area contributed by atoms with Crippen molar-refractivity contribution in [2.75, 3.05) is 7.11 Å². The normalized spacial score (nSPS) is 16.3. The number of hydrogen-bond acceptors (Lipinski definition) is 4. The van der Waals surface area contributed by atoms with E-state index in [9.17, 15) is 4.79 Å². The molecular weight excluding hydrogens is 328 g/mol. The molecule has 26 heavy (non-hydrogen) atoms. The molecule has 1 aliphatic rings. The molecule has 0 saturated carbocycles. The number of aromatic nitrogens is 3. The Kier molecular flexibility index (Phi) is 4.32. The highest BCUT2D eigenvalue weighted by Crippen LogP contribution is 2.25. The number of carbonyl (C=O) groups excluding carboxylic acids is 1. The van der Waals surface area contributed by atoms with Gasteiger partial charge in [-0.25, -0.2) is 9.50 Å². The summed E-state index contributed by atoms with van der Waals surface area (Å²) in [5.74, 6) is 1.28. The van der Waals surface area contributed by atoms with Gasteiger partial charge in [-0.15, -0.1) is 0 Å². The molecular formula is C20H22N4O2. The minimum absolute atomic E-state index is 0.167. The van der Waals surface area contributed by atoms with Gasteiger partial charge in [0, 0.05) is 18.4 Å². The van der Waals surface area contributed by atoms with Crippen LogP contribution in [0.3, 0.4) is 0 Å². The van der Waals surface area contributed by atoms with Gasteiger partial charge < -0.3 is 10.1 Å². The third-order valence-corrected chi connectivity index (χ3v) is 4.99. The molecule has 0 spiro atoms. The maximum Gasteiger partial charge on any atom is 0.257 e. The third kappa shape index (κ3) is 3.03. The molecule has 0 bridgehead atoms. The van der Waals surface area contributed by atoms with Gasteiger partial charge in [0.1, 0.15) is 11.3 Å². The summed E-state index contributed by atoms with van der Waals surface area (Å²) in [6.45, 7) is 2.68. The van der Waals surface area contributed by atoms with Crippen LogP contribution in [0.2, 0.25) is 0 Å². The maximum atomic E-state index is 12.6. The highest BCUT2D eigenvalue weighted by molar-refractivity contribution is 5.99. The minimum atomic E-state index is -0.167. The number of fused-ring (bicyclic) bond motifs is 3. The first-order valence-electron chi connectivity index (χ1n) is 8.91. The Labute approximate surface area is 152 Å². The molecule has 1 amide bonds. The number of methoxy groups -OCH3 is 1. The summed E-state index contributed by atoms with van der Waals surface area (Å²) >= 11 is 0. The molecule has 1 atom stereocenters. The monoisotopic (exact) mass is 350 g/mol. The molecule has 6 nitrogen and oxygen atoms in total. The van der Waals surface area contributed by atoms with Crippen LogP contribution in [-0.2, 0) is 19.4 Å². The van der Waals surface area contributed by atoms with E-state index in [0.29, 0.717) is 23.7 Å². The zero-order chi connectivity index (χ0) is 18.1. The molecule has 0 fully saturated rings. The van der Waals surface area contributed by atoms with Gasteiger partial charge in [-0.2, -0.15) is 5.10 Å². The second kappa shape index (κ2) is 6.78. The number of aryl methyl sites for hydroxylation is 1. The molecule has 6 heteroatoms. The van der Waals surface area contributed by atoms with E-state index in [1.807, 2.05) is 35.0 Å². The topological polar surface area (TPSA) is 68.5 Å². The van der Waals surface area contributed by atoms with E-state index in [1.54, 1.807) is 13.3 Å². The summed E-state index contributed by atoms with van der Waals surface area (Å²) in [4.78, 5) is 17.1. The van der Waals surface area contributed by atoms with Crippen molar-refractivity contribution in [3.63, 3.8) is 0 Å². The first kappa shape index (κ1) is 16.6. The molecule has 4 rings (SSSR count). The summed E-state index contributed by atoms with van der Waals surface area (Å²) in [5, 5.41) is 7.38. The van der Waals surface area contributed by atoms with Gasteiger partial charge in [0.05, 0.1) is 13.3 Å². The Hall–Kier alpha value is -2.89. The lowest BCUT2D eigenvalue weighted by Crippen LogP contribution is -2.23. The van der Waals surface area contributed by atoms with E-state index in [4.69, 9.17) is 4.74 Å². The van der Waals surface area contributed by atoms with Crippen molar-refractivity contribution in [1.29, 1.82) is 0 Å². The summed E-state index contributed by atoms with van der Waals surface area (Å²) < 4.78 is 7.05. The molecule has 1 aromatic carbocycles. The third-order valence-electron chi connectivity index (χ3n) is 4.99. The number of hydrogen-bond donors (Lipinski definition) is 1. The molecule has 1 aliphatic carbocycles. The molecule has 2 heterocycles. The van der Waals surface area contributed by atoms with E-state index in [-0.39, 0.29) is 5.91 Å². The fraction of sp³-hybridized carbons (Fsp3) is 0.350. The van der Waals surface area contributed by atoms with Crippen molar-refractivity contribution < 1.29 is 9.53 Å². The zero-order valence-corrected chi connectivity index (χ0v) is 15.0. The summed E-state index contributed by atoms with van der Waals surface area (Å²) in [6.07, 6.45) is 6.66. The van der Waals surface area contributed by atoms with Crippen molar-refractivity contribution in [1.82, 2.24) is 19.9 Å². The van der Waals surface area contributed by atoms with E-state index < -0.39 is 0 Å². The van der Waals surface area contributed by atoms with Crippen LogP contribution in [0.15, 0.2) is 36.7 Å². The number of amides is 1. The van der Waals surface area contributed by atoms with Gasteiger partial charge in [0.2, 0.25) is 0 Å². The maximum absolute atomic E-state index is 12.6. The predicted molar refractivity (Wildman–Crippen MR) is 98.3 cm³/mol. The second-order valence-corrected chi connectivity index (χ2v) is 6.91. The van der Waals surface area contributed by atoms with Crippen LogP contribution >= 0.6 is 0 Å². The lowest BCUT2D eigenvalue weighted by molar-refractivity contribution is 0.0952. The van der Waals surface area contributed by atoms with Crippen LogP contribution in [0.1, 0.15) is 40.5 Å². The van der Waals surface area contributed by atoms with Gasteiger partial charge >= 0.3 is 0 Å². The molecule has 0 saturated heterocycles. The molecule has 134 valence electrons. The Morgan fingerprint density at radius 3 is 3.12 bits per heavy atom. The molecule has 0 unspecified atom stereocenters. The van der Waals surface area contributed by atoms with Crippen molar-refractivity contribution in [3.8, 4) is 5.75 Å². The van der Waals surface area contributed by atoms with Crippen molar-refractivity contribution in [2.45, 2.75) is 32.7 Å². The first-order valence-corrected chi connectivity index (χ1v) is 8.91. The Morgan fingerprint density at radius 1 is 1.38 bits per heavy atom.